The van der Waals surface area contributed by atoms with Crippen LogP contribution < -0.4 is 15.3 Å². The van der Waals surface area contributed by atoms with Crippen LogP contribution in [-0.2, 0) is 13.1 Å². The summed E-state index contributed by atoms with van der Waals surface area (Å²) in [6.07, 6.45) is -0.793. The van der Waals surface area contributed by atoms with E-state index in [-0.39, 0.29) is 13.2 Å². The highest BCUT2D eigenvalue weighted by Gasteiger charge is 2.16. The van der Waals surface area contributed by atoms with Crippen molar-refractivity contribution in [1.82, 2.24) is 9.13 Å². The minimum absolute atomic E-state index is 0.0664. The van der Waals surface area contributed by atoms with Crippen LogP contribution in [0.3, 0.4) is 0 Å². The molecule has 1 atom stereocenters. The minimum atomic E-state index is -0.793. The van der Waals surface area contributed by atoms with Crippen LogP contribution in [0.4, 0.5) is 0 Å². The number of aliphatic hydroxyl groups is 1. The molecule has 0 fully saturated rings. The van der Waals surface area contributed by atoms with E-state index in [2.05, 4.69) is 13.8 Å². The number of nitrogens with zero attached hydrogens (tertiary/aromatic N) is 2. The predicted octanol–water partition coefficient (Wildman–Crippen LogP) is 2.59. The van der Waals surface area contributed by atoms with Gasteiger partial charge in [-0.15, -0.1) is 0 Å². The van der Waals surface area contributed by atoms with Gasteiger partial charge in [0.1, 0.15) is 18.5 Å². The van der Waals surface area contributed by atoms with Crippen molar-refractivity contribution >= 4 is 34.2 Å². The smallest absolute Gasteiger partial charge is 0.203 e. The van der Waals surface area contributed by atoms with Crippen LogP contribution in [-0.4, -0.2) is 46.6 Å². The zero-order valence-electron chi connectivity index (χ0n) is 17.4. The standard InChI is InChI=1S/C22H28Cl2N4O2/c1-3-26(4-2)11-12-27-19-7-5-6-8-20(19)28(22(27)25)14-17(29)15-30-21-10-9-16(23)13-18(21)24/h5-10,13,17,25,29H,3-4,11-12,14-15H2,1-2H3/p+1/t17-/m0/s1. The molecule has 1 heterocycles. The average Bonchev–Trinajstić information content (AvgIpc) is 2.99. The molecule has 3 N–H and O–H groups in total. The van der Waals surface area contributed by atoms with Crippen LogP contribution >= 0.6 is 23.2 Å². The lowest BCUT2D eigenvalue weighted by Crippen LogP contribution is -3.11. The van der Waals surface area contributed by atoms with Gasteiger partial charge < -0.3 is 23.9 Å². The molecule has 0 saturated carbocycles. The molecule has 30 heavy (non-hydrogen) atoms. The fraction of sp³-hybridized carbons (Fsp3) is 0.409. The first-order valence-electron chi connectivity index (χ1n) is 10.3. The Labute approximate surface area is 186 Å². The van der Waals surface area contributed by atoms with Gasteiger partial charge in [0.05, 0.1) is 48.8 Å². The van der Waals surface area contributed by atoms with Crippen molar-refractivity contribution < 1.29 is 14.7 Å². The number of hydrogen-bond acceptors (Lipinski definition) is 3. The molecular formula is C22H29Cl2N4O2+. The van der Waals surface area contributed by atoms with Gasteiger partial charge in [-0.05, 0) is 44.2 Å². The molecule has 0 bridgehead atoms. The van der Waals surface area contributed by atoms with Crippen LogP contribution in [0.25, 0.3) is 11.0 Å². The average molecular weight is 452 g/mol. The molecule has 0 radical (unpaired) electrons. The molecule has 2 aromatic carbocycles. The van der Waals surface area contributed by atoms with Crippen molar-refractivity contribution in [3.63, 3.8) is 0 Å². The quantitative estimate of drug-likeness (QED) is 0.443. The number of ether oxygens (including phenoxy) is 1. The van der Waals surface area contributed by atoms with Gasteiger partial charge in [-0.25, -0.2) is 0 Å². The van der Waals surface area contributed by atoms with E-state index < -0.39 is 6.10 Å². The largest absolute Gasteiger partial charge is 0.489 e. The first kappa shape index (κ1) is 22.7. The van der Waals surface area contributed by atoms with E-state index in [9.17, 15) is 5.11 Å². The van der Waals surface area contributed by atoms with Gasteiger partial charge >= 0.3 is 0 Å². The molecule has 0 amide bonds. The molecule has 0 unspecified atom stereocenters. The third kappa shape index (κ3) is 5.19. The molecule has 0 saturated heterocycles. The maximum Gasteiger partial charge on any atom is 0.203 e. The number of para-hydroxylation sites is 2. The van der Waals surface area contributed by atoms with Crippen LogP contribution in [0, 0.1) is 5.41 Å². The maximum absolute atomic E-state index is 10.6. The van der Waals surface area contributed by atoms with E-state index in [1.807, 2.05) is 33.4 Å². The van der Waals surface area contributed by atoms with Crippen LogP contribution in [0.15, 0.2) is 42.5 Å². The first-order chi connectivity index (χ1) is 14.4. The molecule has 6 nitrogen and oxygen atoms in total. The second-order valence-corrected chi connectivity index (χ2v) is 8.16. The maximum atomic E-state index is 10.6. The Bertz CT molecular complexity index is 1040. The molecule has 0 spiro atoms. The summed E-state index contributed by atoms with van der Waals surface area (Å²) in [5.74, 6) is 0.473. The van der Waals surface area contributed by atoms with E-state index in [1.165, 1.54) is 4.90 Å². The van der Waals surface area contributed by atoms with Gasteiger partial charge in [0.2, 0.25) is 5.62 Å². The number of aromatic nitrogens is 2. The Morgan fingerprint density at radius 3 is 2.37 bits per heavy atom. The molecule has 1 aromatic heterocycles. The Morgan fingerprint density at radius 2 is 1.73 bits per heavy atom. The number of hydrogen-bond donors (Lipinski definition) is 3. The molecule has 162 valence electrons. The highest BCUT2D eigenvalue weighted by atomic mass is 35.5. The monoisotopic (exact) mass is 451 g/mol. The van der Waals surface area contributed by atoms with Crippen molar-refractivity contribution in [3.8, 4) is 5.75 Å². The number of likely N-dealkylation sites (N-methyl/N-ethyl adjacent to an activating group) is 1. The van der Waals surface area contributed by atoms with Crippen molar-refractivity contribution in [2.24, 2.45) is 0 Å². The minimum Gasteiger partial charge on any atom is -0.489 e. The Morgan fingerprint density at radius 1 is 1.07 bits per heavy atom. The summed E-state index contributed by atoms with van der Waals surface area (Å²) in [5.41, 5.74) is 2.31. The first-order valence-corrected chi connectivity index (χ1v) is 11.0. The van der Waals surface area contributed by atoms with Crippen LogP contribution in [0.1, 0.15) is 13.8 Å². The molecular weight excluding hydrogens is 423 g/mol. The summed E-state index contributed by atoms with van der Waals surface area (Å²) < 4.78 is 9.52. The van der Waals surface area contributed by atoms with E-state index in [0.717, 1.165) is 37.2 Å². The molecule has 3 rings (SSSR count). The Kier molecular flexibility index (Phi) is 7.83. The lowest BCUT2D eigenvalue weighted by Gasteiger charge is -2.16. The van der Waals surface area contributed by atoms with Gasteiger partial charge in [-0.3, -0.25) is 5.41 Å². The third-order valence-electron chi connectivity index (χ3n) is 5.38. The predicted molar refractivity (Wildman–Crippen MR) is 121 cm³/mol. The summed E-state index contributed by atoms with van der Waals surface area (Å²) in [6.45, 7) is 8.52. The van der Waals surface area contributed by atoms with Gasteiger partial charge in [-0.2, -0.15) is 0 Å². The molecule has 0 aliphatic carbocycles. The zero-order valence-corrected chi connectivity index (χ0v) is 18.9. The summed E-state index contributed by atoms with van der Waals surface area (Å²) >= 11 is 12.0. The number of nitrogens with one attached hydrogen (secondary N) is 2. The lowest BCUT2D eigenvalue weighted by atomic mass is 10.3. The number of imidazole rings is 1. The van der Waals surface area contributed by atoms with E-state index in [1.54, 1.807) is 18.2 Å². The van der Waals surface area contributed by atoms with Gasteiger partial charge in [0.15, 0.2) is 0 Å². The van der Waals surface area contributed by atoms with Gasteiger partial charge in [-0.1, -0.05) is 35.3 Å². The molecule has 3 aromatic rings. The number of benzene rings is 2. The number of quaternary nitrogens is 1. The fourth-order valence-corrected chi connectivity index (χ4v) is 4.08. The van der Waals surface area contributed by atoms with Crippen molar-refractivity contribution in [1.29, 1.82) is 5.41 Å². The van der Waals surface area contributed by atoms with Crippen molar-refractivity contribution in [2.45, 2.75) is 33.0 Å². The Hall–Kier alpha value is -1.99. The Balaban J connectivity index is 1.76. The van der Waals surface area contributed by atoms with Crippen LogP contribution in [0.2, 0.25) is 10.0 Å². The molecule has 0 aliphatic heterocycles. The summed E-state index contributed by atoms with van der Waals surface area (Å²) in [7, 11) is 0. The highest BCUT2D eigenvalue weighted by Crippen LogP contribution is 2.27. The number of aliphatic hydroxyl groups excluding tert-OH is 1. The van der Waals surface area contributed by atoms with E-state index >= 15 is 0 Å². The normalized spacial score (nSPS) is 12.6. The molecule has 0 aliphatic rings. The lowest BCUT2D eigenvalue weighted by molar-refractivity contribution is -0.897. The molecule has 8 heteroatoms. The van der Waals surface area contributed by atoms with Crippen molar-refractivity contribution in [3.05, 3.63) is 58.1 Å². The van der Waals surface area contributed by atoms with Crippen molar-refractivity contribution in [2.75, 3.05) is 26.2 Å². The van der Waals surface area contributed by atoms with E-state index in [0.29, 0.717) is 21.4 Å². The summed E-state index contributed by atoms with van der Waals surface area (Å²) in [4.78, 5) is 1.49. The number of halogens is 2. The van der Waals surface area contributed by atoms with E-state index in [4.69, 9.17) is 33.3 Å². The SMILES string of the molecule is CC[NH+](CC)CCn1c(=N)n(C[C@H](O)COc2ccc(Cl)cc2Cl)c2ccccc21. The number of fused-ring (bicyclic) bond motifs is 1. The number of rotatable bonds is 10. The third-order valence-corrected chi connectivity index (χ3v) is 5.91. The highest BCUT2D eigenvalue weighted by molar-refractivity contribution is 6.35. The second-order valence-electron chi connectivity index (χ2n) is 7.32. The van der Waals surface area contributed by atoms with Gasteiger partial charge in [0.25, 0.3) is 0 Å². The second kappa shape index (κ2) is 10.4. The van der Waals surface area contributed by atoms with Gasteiger partial charge in [0, 0.05) is 5.02 Å². The fourth-order valence-electron chi connectivity index (χ4n) is 3.62. The topological polar surface area (TPSA) is 67.6 Å². The summed E-state index contributed by atoms with van der Waals surface area (Å²) in [5, 5.41) is 20.2. The zero-order chi connectivity index (χ0) is 21.7. The van der Waals surface area contributed by atoms with Crippen LogP contribution in [0.5, 0.6) is 5.75 Å². The summed E-state index contributed by atoms with van der Waals surface area (Å²) in [6, 6.07) is 12.9.